The van der Waals surface area contributed by atoms with Gasteiger partial charge in [0.15, 0.2) is 5.82 Å². The molecule has 5 heteroatoms. The summed E-state index contributed by atoms with van der Waals surface area (Å²) in [5, 5.41) is 0. The number of hydrogen-bond acceptors (Lipinski definition) is 3. The molecule has 1 aromatic heterocycles. The zero-order valence-electron chi connectivity index (χ0n) is 12.0. The Kier molecular flexibility index (Phi) is 4.00. The SMILES string of the molecule is Cc1ccc(F)cc1-c1nc(N)c(I)c(C(C)(C)C)n1. The number of aryl methyl sites for hydroxylation is 1. The molecule has 0 bridgehead atoms. The molecule has 0 amide bonds. The van der Waals surface area contributed by atoms with E-state index < -0.39 is 0 Å². The lowest BCUT2D eigenvalue weighted by atomic mass is 9.91. The first-order valence-electron chi connectivity index (χ1n) is 6.30. The van der Waals surface area contributed by atoms with Crippen LogP contribution in [0.1, 0.15) is 32.0 Å². The average molecular weight is 385 g/mol. The summed E-state index contributed by atoms with van der Waals surface area (Å²) in [6.07, 6.45) is 0. The molecule has 0 aliphatic carbocycles. The highest BCUT2D eigenvalue weighted by Crippen LogP contribution is 2.31. The summed E-state index contributed by atoms with van der Waals surface area (Å²) in [4.78, 5) is 8.92. The van der Waals surface area contributed by atoms with Crippen LogP contribution in [0.3, 0.4) is 0 Å². The highest BCUT2D eigenvalue weighted by molar-refractivity contribution is 14.1. The molecule has 0 unspecified atom stereocenters. The van der Waals surface area contributed by atoms with E-state index >= 15 is 0 Å². The lowest BCUT2D eigenvalue weighted by Gasteiger charge is -2.21. The molecule has 1 aromatic carbocycles. The number of halogens is 2. The quantitative estimate of drug-likeness (QED) is 0.753. The molecule has 0 aliphatic heterocycles. The fourth-order valence-electron chi connectivity index (χ4n) is 1.92. The van der Waals surface area contributed by atoms with Crippen molar-refractivity contribution in [1.82, 2.24) is 9.97 Å². The molecule has 0 radical (unpaired) electrons. The molecule has 0 spiro atoms. The first-order chi connectivity index (χ1) is 9.20. The number of rotatable bonds is 1. The summed E-state index contributed by atoms with van der Waals surface area (Å²) in [6.45, 7) is 8.11. The second-order valence-electron chi connectivity index (χ2n) is 5.80. The van der Waals surface area contributed by atoms with Gasteiger partial charge in [0, 0.05) is 11.0 Å². The number of nitrogen functional groups attached to an aromatic ring is 1. The lowest BCUT2D eigenvalue weighted by molar-refractivity contribution is 0.564. The van der Waals surface area contributed by atoms with Crippen LogP contribution in [-0.2, 0) is 5.41 Å². The van der Waals surface area contributed by atoms with Crippen molar-refractivity contribution in [2.45, 2.75) is 33.1 Å². The maximum atomic E-state index is 13.5. The summed E-state index contributed by atoms with van der Waals surface area (Å²) in [7, 11) is 0. The van der Waals surface area contributed by atoms with Crippen LogP contribution < -0.4 is 5.73 Å². The van der Waals surface area contributed by atoms with Crippen LogP contribution in [0, 0.1) is 16.3 Å². The Morgan fingerprint density at radius 3 is 2.45 bits per heavy atom. The predicted molar refractivity (Wildman–Crippen MR) is 88.0 cm³/mol. The number of nitrogens with two attached hydrogens (primary N) is 1. The van der Waals surface area contributed by atoms with Crippen molar-refractivity contribution in [2.24, 2.45) is 0 Å². The van der Waals surface area contributed by atoms with E-state index in [0.29, 0.717) is 17.2 Å². The first kappa shape index (κ1) is 15.2. The summed E-state index contributed by atoms with van der Waals surface area (Å²) >= 11 is 2.16. The number of aromatic nitrogens is 2. The van der Waals surface area contributed by atoms with Crippen molar-refractivity contribution < 1.29 is 4.39 Å². The number of nitrogens with zero attached hydrogens (tertiary/aromatic N) is 2. The van der Waals surface area contributed by atoms with Crippen LogP contribution in [0.5, 0.6) is 0 Å². The lowest BCUT2D eigenvalue weighted by Crippen LogP contribution is -2.18. The third-order valence-corrected chi connectivity index (χ3v) is 4.09. The van der Waals surface area contributed by atoms with Gasteiger partial charge < -0.3 is 5.73 Å². The van der Waals surface area contributed by atoms with Crippen molar-refractivity contribution >= 4 is 28.4 Å². The normalized spacial score (nSPS) is 11.7. The molecule has 0 aliphatic rings. The smallest absolute Gasteiger partial charge is 0.162 e. The van der Waals surface area contributed by atoms with E-state index in [2.05, 4.69) is 53.3 Å². The van der Waals surface area contributed by atoms with Gasteiger partial charge in [0.05, 0.1) is 9.26 Å². The monoisotopic (exact) mass is 385 g/mol. The molecule has 106 valence electrons. The Morgan fingerprint density at radius 2 is 1.85 bits per heavy atom. The molecule has 20 heavy (non-hydrogen) atoms. The van der Waals surface area contributed by atoms with Crippen LogP contribution >= 0.6 is 22.6 Å². The van der Waals surface area contributed by atoms with Crippen molar-refractivity contribution in [3.8, 4) is 11.4 Å². The van der Waals surface area contributed by atoms with Gasteiger partial charge in [-0.15, -0.1) is 0 Å². The van der Waals surface area contributed by atoms with Gasteiger partial charge in [-0.05, 0) is 47.2 Å². The molecule has 2 rings (SSSR count). The van der Waals surface area contributed by atoms with E-state index in [0.717, 1.165) is 14.8 Å². The van der Waals surface area contributed by atoms with Crippen molar-refractivity contribution in [1.29, 1.82) is 0 Å². The van der Waals surface area contributed by atoms with E-state index in [9.17, 15) is 4.39 Å². The highest BCUT2D eigenvalue weighted by atomic mass is 127. The molecule has 0 fully saturated rings. The zero-order chi connectivity index (χ0) is 15.1. The van der Waals surface area contributed by atoms with E-state index in [4.69, 9.17) is 5.73 Å². The molecule has 0 saturated carbocycles. The summed E-state index contributed by atoms with van der Waals surface area (Å²) in [5.74, 6) is 0.609. The Morgan fingerprint density at radius 1 is 1.20 bits per heavy atom. The fourth-order valence-corrected chi connectivity index (χ4v) is 2.97. The predicted octanol–water partition coefficient (Wildman–Crippen LogP) is 4.08. The van der Waals surface area contributed by atoms with Crippen molar-refractivity contribution in [2.75, 3.05) is 5.73 Å². The summed E-state index contributed by atoms with van der Waals surface area (Å²) < 4.78 is 14.3. The van der Waals surface area contributed by atoms with Gasteiger partial charge in [-0.2, -0.15) is 0 Å². The minimum Gasteiger partial charge on any atom is -0.383 e. The van der Waals surface area contributed by atoms with Crippen LogP contribution in [0.25, 0.3) is 11.4 Å². The summed E-state index contributed by atoms with van der Waals surface area (Å²) in [5.41, 5.74) is 8.32. The molecule has 0 saturated heterocycles. The van der Waals surface area contributed by atoms with E-state index in [1.807, 2.05) is 6.92 Å². The number of benzene rings is 1. The number of anilines is 1. The van der Waals surface area contributed by atoms with Gasteiger partial charge in [-0.3, -0.25) is 0 Å². The molecule has 2 aromatic rings. The zero-order valence-corrected chi connectivity index (χ0v) is 14.1. The molecule has 0 atom stereocenters. The molecule has 3 nitrogen and oxygen atoms in total. The maximum Gasteiger partial charge on any atom is 0.162 e. The summed E-state index contributed by atoms with van der Waals surface area (Å²) in [6, 6.07) is 4.60. The van der Waals surface area contributed by atoms with Gasteiger partial charge in [0.25, 0.3) is 0 Å². The van der Waals surface area contributed by atoms with Crippen molar-refractivity contribution in [3.63, 3.8) is 0 Å². The van der Waals surface area contributed by atoms with E-state index in [-0.39, 0.29) is 11.2 Å². The standard InChI is InChI=1S/C15H17FIN3/c1-8-5-6-9(16)7-10(8)14-19-12(15(2,3)4)11(17)13(18)20-14/h5-7H,1-4H3,(H2,18,19,20). The third kappa shape index (κ3) is 2.92. The highest BCUT2D eigenvalue weighted by Gasteiger charge is 2.23. The first-order valence-corrected chi connectivity index (χ1v) is 7.38. The maximum absolute atomic E-state index is 13.5. The van der Waals surface area contributed by atoms with Gasteiger partial charge >= 0.3 is 0 Å². The second kappa shape index (κ2) is 5.27. The van der Waals surface area contributed by atoms with Crippen LogP contribution in [-0.4, -0.2) is 9.97 Å². The fraction of sp³-hybridized carbons (Fsp3) is 0.333. The Bertz CT molecular complexity index is 663. The number of hydrogen-bond donors (Lipinski definition) is 1. The van der Waals surface area contributed by atoms with Gasteiger partial charge in [-0.25, -0.2) is 14.4 Å². The molecule has 2 N–H and O–H groups in total. The van der Waals surface area contributed by atoms with Crippen LogP contribution in [0.4, 0.5) is 10.2 Å². The molecular formula is C15H17FIN3. The Hall–Kier alpha value is -1.24. The topological polar surface area (TPSA) is 51.8 Å². The van der Waals surface area contributed by atoms with E-state index in [1.165, 1.54) is 12.1 Å². The minimum atomic E-state index is -0.302. The Balaban J connectivity index is 2.70. The molecule has 1 heterocycles. The van der Waals surface area contributed by atoms with Crippen LogP contribution in [0.15, 0.2) is 18.2 Å². The van der Waals surface area contributed by atoms with Crippen molar-refractivity contribution in [3.05, 3.63) is 38.8 Å². The average Bonchev–Trinajstić information content (AvgIpc) is 2.34. The van der Waals surface area contributed by atoms with E-state index in [1.54, 1.807) is 6.07 Å². The Labute approximate surface area is 132 Å². The van der Waals surface area contributed by atoms with Crippen LogP contribution in [0.2, 0.25) is 0 Å². The van der Waals surface area contributed by atoms with Gasteiger partial charge in [0.1, 0.15) is 11.6 Å². The third-order valence-electron chi connectivity index (χ3n) is 3.03. The molecular weight excluding hydrogens is 368 g/mol. The second-order valence-corrected chi connectivity index (χ2v) is 6.88. The minimum absolute atomic E-state index is 0.149. The largest absolute Gasteiger partial charge is 0.383 e. The van der Waals surface area contributed by atoms with Gasteiger partial charge in [-0.1, -0.05) is 26.8 Å². The van der Waals surface area contributed by atoms with Gasteiger partial charge in [0.2, 0.25) is 0 Å².